The van der Waals surface area contributed by atoms with Crippen LogP contribution in [0.1, 0.15) is 62.5 Å². The Morgan fingerprint density at radius 3 is 2.28 bits per heavy atom. The van der Waals surface area contributed by atoms with Gasteiger partial charge >= 0.3 is 18.3 Å². The first-order chi connectivity index (χ1) is 18.4. The van der Waals surface area contributed by atoms with Crippen LogP contribution in [0.25, 0.3) is 6.08 Å². The standard InChI is InChI=1S/C29H35F5N2O3/c30-28(31,32)17-16-21-4-10-23(11-5-21)29(33,34)39-25-13-6-20(7-14-25)8-15-27(37)38-18-2-1-3-22-9-12-24(35)19-26(22)36/h6-9,12-15,19,21,23H,1-5,10-11,16-18,35-36H2/b15-8+. The summed E-state index contributed by atoms with van der Waals surface area (Å²) in [6.45, 7) is 0.254. The van der Waals surface area contributed by atoms with Crippen molar-refractivity contribution in [2.45, 2.75) is 70.1 Å². The largest absolute Gasteiger partial charge is 0.463 e. The smallest absolute Gasteiger partial charge is 0.400 e. The van der Waals surface area contributed by atoms with Crippen LogP contribution in [0, 0.1) is 11.8 Å². The third-order valence-electron chi connectivity index (χ3n) is 6.96. The highest BCUT2D eigenvalue weighted by Crippen LogP contribution is 2.42. The average molecular weight is 555 g/mol. The molecule has 3 rings (SSSR count). The number of hydrogen-bond acceptors (Lipinski definition) is 5. The number of carbonyl (C=O) groups excluding carboxylic acids is 1. The molecule has 39 heavy (non-hydrogen) atoms. The molecule has 0 aliphatic heterocycles. The normalized spacial score (nSPS) is 18.3. The number of anilines is 2. The fourth-order valence-electron chi connectivity index (χ4n) is 4.69. The Balaban J connectivity index is 1.36. The van der Waals surface area contributed by atoms with Crippen molar-refractivity contribution in [2.75, 3.05) is 18.1 Å². The molecule has 2 aromatic rings. The topological polar surface area (TPSA) is 87.6 Å². The van der Waals surface area contributed by atoms with Gasteiger partial charge in [0.05, 0.1) is 12.5 Å². The summed E-state index contributed by atoms with van der Waals surface area (Å²) in [6.07, 6.45) is -2.67. The van der Waals surface area contributed by atoms with Crippen molar-refractivity contribution in [3.8, 4) is 5.75 Å². The second-order valence-corrected chi connectivity index (χ2v) is 10.0. The van der Waals surface area contributed by atoms with E-state index in [0.29, 0.717) is 36.2 Å². The Morgan fingerprint density at radius 1 is 0.949 bits per heavy atom. The van der Waals surface area contributed by atoms with Crippen LogP contribution >= 0.6 is 0 Å². The number of aryl methyl sites for hydroxylation is 1. The van der Waals surface area contributed by atoms with E-state index in [1.54, 1.807) is 24.3 Å². The van der Waals surface area contributed by atoms with Gasteiger partial charge in [-0.2, -0.15) is 22.0 Å². The number of alkyl halides is 5. The Kier molecular flexibility index (Phi) is 10.6. The van der Waals surface area contributed by atoms with Gasteiger partial charge in [0.25, 0.3) is 0 Å². The number of unbranched alkanes of at least 4 members (excludes halogenated alkanes) is 1. The summed E-state index contributed by atoms with van der Waals surface area (Å²) in [7, 11) is 0. The molecule has 214 valence electrons. The van der Waals surface area contributed by atoms with Crippen molar-refractivity contribution in [1.82, 2.24) is 0 Å². The lowest BCUT2D eigenvalue weighted by molar-refractivity contribution is -0.224. The summed E-state index contributed by atoms with van der Waals surface area (Å²) >= 11 is 0. The molecule has 5 nitrogen and oxygen atoms in total. The molecule has 0 unspecified atom stereocenters. The second-order valence-electron chi connectivity index (χ2n) is 10.0. The zero-order valence-electron chi connectivity index (χ0n) is 21.7. The number of ether oxygens (including phenoxy) is 2. The van der Waals surface area contributed by atoms with Gasteiger partial charge in [0.2, 0.25) is 0 Å². The number of hydrogen-bond donors (Lipinski definition) is 2. The van der Waals surface area contributed by atoms with E-state index >= 15 is 0 Å². The van der Waals surface area contributed by atoms with Crippen LogP contribution in [0.4, 0.5) is 33.3 Å². The number of rotatable bonds is 12. The summed E-state index contributed by atoms with van der Waals surface area (Å²) in [5, 5.41) is 0. The van der Waals surface area contributed by atoms with E-state index in [9.17, 15) is 26.7 Å². The fraction of sp³-hybridized carbons (Fsp3) is 0.483. The maximum atomic E-state index is 14.7. The predicted molar refractivity (Wildman–Crippen MR) is 141 cm³/mol. The number of halogens is 5. The summed E-state index contributed by atoms with van der Waals surface area (Å²) in [4.78, 5) is 12.0. The summed E-state index contributed by atoms with van der Waals surface area (Å²) < 4.78 is 76.7. The Morgan fingerprint density at radius 2 is 1.64 bits per heavy atom. The first-order valence-corrected chi connectivity index (χ1v) is 13.1. The molecule has 0 heterocycles. The molecule has 0 radical (unpaired) electrons. The number of benzene rings is 2. The number of esters is 1. The monoisotopic (exact) mass is 554 g/mol. The molecule has 1 saturated carbocycles. The molecule has 1 fully saturated rings. The van der Waals surface area contributed by atoms with Crippen molar-refractivity contribution in [1.29, 1.82) is 0 Å². The molecule has 4 N–H and O–H groups in total. The van der Waals surface area contributed by atoms with Crippen molar-refractivity contribution >= 4 is 23.4 Å². The molecule has 0 bridgehead atoms. The lowest BCUT2D eigenvalue weighted by atomic mass is 9.79. The lowest BCUT2D eigenvalue weighted by Gasteiger charge is -2.33. The van der Waals surface area contributed by atoms with E-state index in [0.717, 1.165) is 18.4 Å². The highest BCUT2D eigenvalue weighted by molar-refractivity contribution is 5.87. The van der Waals surface area contributed by atoms with Gasteiger partial charge in [-0.05, 0) is 98.8 Å². The fourth-order valence-corrected chi connectivity index (χ4v) is 4.69. The minimum Gasteiger partial charge on any atom is -0.463 e. The zero-order chi connectivity index (χ0) is 28.5. The SMILES string of the molecule is Nc1ccc(CCCCOC(=O)/C=C/c2ccc(OC(F)(F)C3CCC(CCC(F)(F)F)CC3)cc2)c(N)c1. The highest BCUT2D eigenvalue weighted by Gasteiger charge is 2.44. The Labute approximate surface area is 225 Å². The molecule has 0 aromatic heterocycles. The van der Waals surface area contributed by atoms with Gasteiger partial charge in [0.15, 0.2) is 0 Å². The molecule has 0 amide bonds. The van der Waals surface area contributed by atoms with Crippen LogP contribution in [0.5, 0.6) is 5.75 Å². The Bertz CT molecular complexity index is 1100. The van der Waals surface area contributed by atoms with Crippen LogP contribution in [0.15, 0.2) is 48.5 Å². The van der Waals surface area contributed by atoms with Gasteiger partial charge in [-0.1, -0.05) is 18.2 Å². The predicted octanol–water partition coefficient (Wildman–Crippen LogP) is 7.55. The number of carbonyl (C=O) groups is 1. The first-order valence-electron chi connectivity index (χ1n) is 13.1. The molecule has 0 atom stereocenters. The minimum atomic E-state index is -4.22. The molecule has 0 spiro atoms. The number of nitrogen functional groups attached to an aromatic ring is 2. The van der Waals surface area contributed by atoms with Crippen LogP contribution in [-0.2, 0) is 16.0 Å². The van der Waals surface area contributed by atoms with Gasteiger partial charge in [-0.3, -0.25) is 0 Å². The van der Waals surface area contributed by atoms with Crippen molar-refractivity contribution in [2.24, 2.45) is 11.8 Å². The molecule has 10 heteroatoms. The van der Waals surface area contributed by atoms with E-state index in [4.69, 9.17) is 20.9 Å². The van der Waals surface area contributed by atoms with E-state index in [1.807, 2.05) is 6.07 Å². The van der Waals surface area contributed by atoms with E-state index in [-0.39, 0.29) is 37.5 Å². The van der Waals surface area contributed by atoms with Crippen LogP contribution < -0.4 is 16.2 Å². The molecule has 1 aliphatic rings. The zero-order valence-corrected chi connectivity index (χ0v) is 21.7. The minimum absolute atomic E-state index is 0.0226. The van der Waals surface area contributed by atoms with Crippen molar-refractivity contribution < 1.29 is 36.2 Å². The molecule has 2 aromatic carbocycles. The van der Waals surface area contributed by atoms with Crippen molar-refractivity contribution in [3.63, 3.8) is 0 Å². The second kappa shape index (κ2) is 13.7. The first kappa shape index (κ1) is 30.2. The third-order valence-corrected chi connectivity index (χ3v) is 6.96. The summed E-state index contributed by atoms with van der Waals surface area (Å²) in [5.41, 5.74) is 14.5. The molecule has 1 aliphatic carbocycles. The van der Waals surface area contributed by atoms with Crippen LogP contribution in [-0.4, -0.2) is 24.9 Å². The van der Waals surface area contributed by atoms with Crippen molar-refractivity contribution in [3.05, 3.63) is 59.7 Å². The third kappa shape index (κ3) is 10.4. The van der Waals surface area contributed by atoms with Gasteiger partial charge in [-0.25, -0.2) is 4.79 Å². The maximum absolute atomic E-state index is 14.7. The van der Waals surface area contributed by atoms with E-state index in [1.165, 1.54) is 24.3 Å². The summed E-state index contributed by atoms with van der Waals surface area (Å²) in [6, 6.07) is 11.2. The van der Waals surface area contributed by atoms with Gasteiger partial charge < -0.3 is 20.9 Å². The summed E-state index contributed by atoms with van der Waals surface area (Å²) in [5.74, 6) is -1.77. The quantitative estimate of drug-likeness (QED) is 0.0930. The molecular formula is C29H35F5N2O3. The van der Waals surface area contributed by atoms with E-state index < -0.39 is 30.6 Å². The number of nitrogens with two attached hydrogens (primary N) is 2. The average Bonchev–Trinajstić information content (AvgIpc) is 2.87. The van der Waals surface area contributed by atoms with Gasteiger partial charge in [0, 0.05) is 23.9 Å². The lowest BCUT2D eigenvalue weighted by Crippen LogP contribution is -2.37. The Hall–Kier alpha value is -3.30. The highest BCUT2D eigenvalue weighted by atomic mass is 19.4. The molecular weight excluding hydrogens is 519 g/mol. The van der Waals surface area contributed by atoms with Gasteiger partial charge in [0.1, 0.15) is 5.75 Å². The van der Waals surface area contributed by atoms with E-state index in [2.05, 4.69) is 0 Å². The maximum Gasteiger partial charge on any atom is 0.400 e. The van der Waals surface area contributed by atoms with Crippen LogP contribution in [0.3, 0.4) is 0 Å². The van der Waals surface area contributed by atoms with Crippen LogP contribution in [0.2, 0.25) is 0 Å². The van der Waals surface area contributed by atoms with Gasteiger partial charge in [-0.15, -0.1) is 0 Å². The molecule has 0 saturated heterocycles.